The molecule has 0 heterocycles. The first-order chi connectivity index (χ1) is 9.04. The Balaban J connectivity index is 2.67. The average Bonchev–Trinajstić information content (AvgIpc) is 2.33. The molecule has 0 bridgehead atoms. The van der Waals surface area contributed by atoms with Crippen LogP contribution in [0.5, 0.6) is 0 Å². The van der Waals surface area contributed by atoms with E-state index in [1.807, 2.05) is 0 Å². The van der Waals surface area contributed by atoms with Gasteiger partial charge in [-0.3, -0.25) is 0 Å². The second kappa shape index (κ2) is 8.97. The van der Waals surface area contributed by atoms with Gasteiger partial charge in [-0.05, 0) is 40.5 Å². The van der Waals surface area contributed by atoms with E-state index in [1.165, 1.54) is 51.4 Å². The fourth-order valence-corrected chi connectivity index (χ4v) is 3.10. The first kappa shape index (κ1) is 17.0. The summed E-state index contributed by atoms with van der Waals surface area (Å²) in [5.74, 6) is -0.327. The summed E-state index contributed by atoms with van der Waals surface area (Å²) in [7, 11) is 0. The molecule has 1 rings (SSSR count). The zero-order valence-electron chi connectivity index (χ0n) is 13.5. The molecular weight excluding hydrogens is 236 g/mol. The fraction of sp³-hybridized carbons (Fsp3) is 1.00. The van der Waals surface area contributed by atoms with E-state index in [0.717, 1.165) is 12.8 Å². The Bertz CT molecular complexity index is 199. The Morgan fingerprint density at radius 3 is 1.21 bits per heavy atom. The Morgan fingerprint density at radius 2 is 0.895 bits per heavy atom. The molecule has 0 atom stereocenters. The lowest BCUT2D eigenvalue weighted by Crippen LogP contribution is -2.40. The minimum Gasteiger partial charge on any atom is -0.347 e. The third-order valence-electron chi connectivity index (χ3n) is 3.77. The van der Waals surface area contributed by atoms with E-state index in [0.29, 0.717) is 0 Å². The predicted octanol–water partition coefficient (Wildman–Crippen LogP) is 5.45. The molecule has 0 spiro atoms. The fourth-order valence-electron chi connectivity index (χ4n) is 3.10. The van der Waals surface area contributed by atoms with E-state index in [2.05, 4.69) is 27.7 Å². The summed E-state index contributed by atoms with van der Waals surface area (Å²) in [6.45, 7) is 8.49. The Kier molecular flexibility index (Phi) is 8.01. The molecule has 0 aromatic carbocycles. The Hall–Kier alpha value is -0.0800. The molecule has 1 saturated carbocycles. The second-order valence-corrected chi connectivity index (χ2v) is 6.57. The number of hydrogen-bond donors (Lipinski definition) is 0. The third kappa shape index (κ3) is 7.31. The first-order valence-electron chi connectivity index (χ1n) is 8.40. The SMILES string of the molecule is CC(C)OC1(OC(C)C)CCCCCCCCCC1. The highest BCUT2D eigenvalue weighted by Crippen LogP contribution is 2.32. The molecule has 0 N–H and O–H groups in total. The first-order valence-corrected chi connectivity index (χ1v) is 8.40. The zero-order chi connectivity index (χ0) is 14.1. The maximum Gasteiger partial charge on any atom is 0.168 e. The van der Waals surface area contributed by atoms with Crippen LogP contribution in [0.3, 0.4) is 0 Å². The van der Waals surface area contributed by atoms with Crippen LogP contribution in [-0.4, -0.2) is 18.0 Å². The summed E-state index contributed by atoms with van der Waals surface area (Å²) in [6, 6.07) is 0. The van der Waals surface area contributed by atoms with Gasteiger partial charge in [0.1, 0.15) is 0 Å². The summed E-state index contributed by atoms with van der Waals surface area (Å²) in [6.07, 6.45) is 13.3. The molecule has 0 aromatic rings. The third-order valence-corrected chi connectivity index (χ3v) is 3.77. The minimum absolute atomic E-state index is 0.240. The van der Waals surface area contributed by atoms with Crippen molar-refractivity contribution in [2.75, 3.05) is 0 Å². The molecule has 0 unspecified atom stereocenters. The van der Waals surface area contributed by atoms with Gasteiger partial charge in [-0.1, -0.05) is 38.5 Å². The molecule has 1 aliphatic rings. The van der Waals surface area contributed by atoms with Crippen molar-refractivity contribution in [3.8, 4) is 0 Å². The molecule has 0 saturated heterocycles. The highest BCUT2D eigenvalue weighted by atomic mass is 16.7. The number of rotatable bonds is 4. The maximum absolute atomic E-state index is 6.24. The van der Waals surface area contributed by atoms with E-state index in [4.69, 9.17) is 9.47 Å². The molecule has 2 nitrogen and oxygen atoms in total. The zero-order valence-corrected chi connectivity index (χ0v) is 13.5. The quantitative estimate of drug-likeness (QED) is 0.633. The maximum atomic E-state index is 6.24. The van der Waals surface area contributed by atoms with Gasteiger partial charge in [0.15, 0.2) is 5.79 Å². The average molecular weight is 270 g/mol. The van der Waals surface area contributed by atoms with Gasteiger partial charge < -0.3 is 9.47 Å². The lowest BCUT2D eigenvalue weighted by Gasteiger charge is -2.37. The van der Waals surface area contributed by atoms with Crippen LogP contribution < -0.4 is 0 Å². The molecule has 0 aromatic heterocycles. The molecule has 1 fully saturated rings. The van der Waals surface area contributed by atoms with Crippen LogP contribution in [0.4, 0.5) is 0 Å². The monoisotopic (exact) mass is 270 g/mol. The summed E-state index contributed by atoms with van der Waals surface area (Å²) < 4.78 is 12.5. The van der Waals surface area contributed by atoms with Crippen LogP contribution in [0.2, 0.25) is 0 Å². The molecule has 0 radical (unpaired) electrons. The van der Waals surface area contributed by atoms with Gasteiger partial charge in [-0.15, -0.1) is 0 Å². The van der Waals surface area contributed by atoms with Crippen LogP contribution in [0.25, 0.3) is 0 Å². The van der Waals surface area contributed by atoms with Gasteiger partial charge >= 0.3 is 0 Å². The molecule has 2 heteroatoms. The van der Waals surface area contributed by atoms with E-state index in [-0.39, 0.29) is 18.0 Å². The second-order valence-electron chi connectivity index (χ2n) is 6.57. The Morgan fingerprint density at radius 1 is 0.579 bits per heavy atom. The van der Waals surface area contributed by atoms with E-state index in [9.17, 15) is 0 Å². The van der Waals surface area contributed by atoms with Crippen molar-refractivity contribution in [3.63, 3.8) is 0 Å². The van der Waals surface area contributed by atoms with Gasteiger partial charge in [0.2, 0.25) is 0 Å². The van der Waals surface area contributed by atoms with E-state index < -0.39 is 0 Å². The minimum atomic E-state index is -0.327. The molecule has 19 heavy (non-hydrogen) atoms. The Labute approximate surface area is 120 Å². The van der Waals surface area contributed by atoms with Crippen molar-refractivity contribution < 1.29 is 9.47 Å². The predicted molar refractivity (Wildman–Crippen MR) is 81.3 cm³/mol. The van der Waals surface area contributed by atoms with E-state index in [1.54, 1.807) is 0 Å². The lowest BCUT2D eigenvalue weighted by molar-refractivity contribution is -0.276. The van der Waals surface area contributed by atoms with Gasteiger partial charge in [0, 0.05) is 12.8 Å². The molecule has 1 aliphatic carbocycles. The normalized spacial score (nSPS) is 22.4. The molecule has 0 amide bonds. The summed E-state index contributed by atoms with van der Waals surface area (Å²) in [5.41, 5.74) is 0. The van der Waals surface area contributed by atoms with E-state index >= 15 is 0 Å². The van der Waals surface area contributed by atoms with Gasteiger partial charge in [0.05, 0.1) is 12.2 Å². The molecule has 114 valence electrons. The summed E-state index contributed by atoms with van der Waals surface area (Å²) in [4.78, 5) is 0. The highest BCUT2D eigenvalue weighted by Gasteiger charge is 2.33. The summed E-state index contributed by atoms with van der Waals surface area (Å²) >= 11 is 0. The van der Waals surface area contributed by atoms with Crippen molar-refractivity contribution in [3.05, 3.63) is 0 Å². The van der Waals surface area contributed by atoms with Crippen LogP contribution in [0, 0.1) is 0 Å². The topological polar surface area (TPSA) is 18.5 Å². The lowest BCUT2D eigenvalue weighted by atomic mass is 10.0. The van der Waals surface area contributed by atoms with Crippen LogP contribution >= 0.6 is 0 Å². The van der Waals surface area contributed by atoms with Crippen molar-refractivity contribution >= 4 is 0 Å². The van der Waals surface area contributed by atoms with Gasteiger partial charge in [-0.2, -0.15) is 0 Å². The standard InChI is InChI=1S/C17H34O2/c1-15(2)18-17(19-16(3)4)13-11-9-7-5-6-8-10-12-14-17/h15-16H,5-14H2,1-4H3. The van der Waals surface area contributed by atoms with Crippen LogP contribution in [-0.2, 0) is 9.47 Å². The van der Waals surface area contributed by atoms with Crippen molar-refractivity contribution in [1.82, 2.24) is 0 Å². The number of hydrogen-bond acceptors (Lipinski definition) is 2. The van der Waals surface area contributed by atoms with Gasteiger partial charge in [0.25, 0.3) is 0 Å². The largest absolute Gasteiger partial charge is 0.347 e. The van der Waals surface area contributed by atoms with Crippen molar-refractivity contribution in [2.24, 2.45) is 0 Å². The van der Waals surface area contributed by atoms with Crippen LogP contribution in [0.15, 0.2) is 0 Å². The number of ether oxygens (including phenoxy) is 2. The summed E-state index contributed by atoms with van der Waals surface area (Å²) in [5, 5.41) is 0. The molecule has 0 aliphatic heterocycles. The van der Waals surface area contributed by atoms with Crippen LogP contribution in [0.1, 0.15) is 91.9 Å². The smallest absolute Gasteiger partial charge is 0.168 e. The van der Waals surface area contributed by atoms with Gasteiger partial charge in [-0.25, -0.2) is 0 Å². The van der Waals surface area contributed by atoms with Crippen molar-refractivity contribution in [2.45, 2.75) is 110 Å². The molecular formula is C17H34O2. The highest BCUT2D eigenvalue weighted by molar-refractivity contribution is 4.74. The van der Waals surface area contributed by atoms with Crippen molar-refractivity contribution in [1.29, 1.82) is 0 Å².